The van der Waals surface area contributed by atoms with Crippen LogP contribution in [0.2, 0.25) is 0 Å². The zero-order chi connectivity index (χ0) is 29.1. The molecule has 1 fully saturated rings. The highest BCUT2D eigenvalue weighted by Crippen LogP contribution is 2.31. The van der Waals surface area contributed by atoms with E-state index in [1.165, 1.54) is 12.1 Å². The summed E-state index contributed by atoms with van der Waals surface area (Å²) in [5.41, 5.74) is 2.69. The molecule has 0 bridgehead atoms. The molecule has 1 heterocycles. The topological polar surface area (TPSA) is 117 Å². The van der Waals surface area contributed by atoms with Crippen LogP contribution in [0.15, 0.2) is 66.7 Å². The van der Waals surface area contributed by atoms with Crippen LogP contribution in [-0.2, 0) is 14.8 Å². The van der Waals surface area contributed by atoms with Crippen LogP contribution in [0.25, 0.3) is 11.1 Å². The molecular formula is C29H33FN4O5S. The van der Waals surface area contributed by atoms with E-state index in [1.807, 2.05) is 12.1 Å². The number of benzene rings is 3. The molecule has 0 aromatic heterocycles. The largest absolute Gasteiger partial charge is 0.444 e. The summed E-state index contributed by atoms with van der Waals surface area (Å²) < 4.78 is 44.5. The van der Waals surface area contributed by atoms with E-state index in [0.29, 0.717) is 42.0 Å². The lowest BCUT2D eigenvalue weighted by molar-refractivity contribution is 0.0635. The lowest BCUT2D eigenvalue weighted by Gasteiger charge is -2.21. The molecule has 3 aromatic rings. The lowest BCUT2D eigenvalue weighted by Crippen LogP contribution is -2.36. The minimum Gasteiger partial charge on any atom is -0.444 e. The fraction of sp³-hybridized carbons (Fsp3) is 0.310. The Bertz CT molecular complexity index is 1490. The number of carbonyl (C=O) groups is 2. The summed E-state index contributed by atoms with van der Waals surface area (Å²) in [6, 6.07) is 17.9. The predicted molar refractivity (Wildman–Crippen MR) is 155 cm³/mol. The molecule has 212 valence electrons. The van der Waals surface area contributed by atoms with Crippen molar-refractivity contribution in [3.8, 4) is 11.1 Å². The van der Waals surface area contributed by atoms with Crippen molar-refractivity contribution < 1.29 is 27.1 Å². The number of rotatable bonds is 7. The van der Waals surface area contributed by atoms with Gasteiger partial charge in [0, 0.05) is 30.4 Å². The first-order valence-electron chi connectivity index (χ1n) is 12.8. The third kappa shape index (κ3) is 8.03. The number of halogens is 1. The summed E-state index contributed by atoms with van der Waals surface area (Å²) in [5.74, 6) is -0.756. The van der Waals surface area contributed by atoms with E-state index in [4.69, 9.17) is 4.74 Å². The number of nitrogens with zero attached hydrogens (tertiary/aromatic N) is 1. The highest BCUT2D eigenvalue weighted by molar-refractivity contribution is 7.88. The average Bonchev–Trinajstić information content (AvgIpc) is 3.31. The van der Waals surface area contributed by atoms with E-state index in [-0.39, 0.29) is 11.9 Å². The lowest BCUT2D eigenvalue weighted by atomic mass is 10.0. The van der Waals surface area contributed by atoms with Gasteiger partial charge in [0.2, 0.25) is 10.0 Å². The summed E-state index contributed by atoms with van der Waals surface area (Å²) in [5, 5.41) is 5.55. The van der Waals surface area contributed by atoms with E-state index in [2.05, 4.69) is 20.3 Å². The molecule has 9 nitrogen and oxygen atoms in total. The van der Waals surface area contributed by atoms with Crippen molar-refractivity contribution in [1.82, 2.24) is 4.72 Å². The zero-order valence-electron chi connectivity index (χ0n) is 22.8. The molecule has 11 heteroatoms. The van der Waals surface area contributed by atoms with E-state index < -0.39 is 27.6 Å². The Labute approximate surface area is 233 Å². The van der Waals surface area contributed by atoms with Crippen LogP contribution in [0.4, 0.5) is 26.2 Å². The molecule has 0 spiro atoms. The Balaban J connectivity index is 1.53. The van der Waals surface area contributed by atoms with Gasteiger partial charge in [0.15, 0.2) is 0 Å². The van der Waals surface area contributed by atoms with Gasteiger partial charge in [0.1, 0.15) is 11.4 Å². The molecule has 1 saturated heterocycles. The van der Waals surface area contributed by atoms with Crippen molar-refractivity contribution in [1.29, 1.82) is 0 Å². The van der Waals surface area contributed by atoms with E-state index >= 15 is 0 Å². The Morgan fingerprint density at radius 2 is 1.57 bits per heavy atom. The number of amides is 2. The summed E-state index contributed by atoms with van der Waals surface area (Å²) in [6.07, 6.45) is 1.16. The second-order valence-electron chi connectivity index (χ2n) is 10.7. The van der Waals surface area contributed by atoms with Crippen molar-refractivity contribution in [2.75, 3.05) is 34.9 Å². The van der Waals surface area contributed by atoms with Gasteiger partial charge in [-0.1, -0.05) is 18.2 Å². The molecule has 0 saturated carbocycles. The van der Waals surface area contributed by atoms with Gasteiger partial charge in [0.05, 0.1) is 17.6 Å². The van der Waals surface area contributed by atoms with Crippen LogP contribution in [0.3, 0.4) is 0 Å². The van der Waals surface area contributed by atoms with Crippen molar-refractivity contribution in [2.45, 2.75) is 38.8 Å². The molecular weight excluding hydrogens is 535 g/mol. The van der Waals surface area contributed by atoms with Crippen molar-refractivity contribution >= 4 is 39.1 Å². The molecule has 3 N–H and O–H groups in total. The second kappa shape index (κ2) is 11.6. The number of hydrogen-bond donors (Lipinski definition) is 3. The number of sulfonamides is 1. The average molecular weight is 569 g/mol. The molecule has 1 aliphatic rings. The van der Waals surface area contributed by atoms with Gasteiger partial charge in [-0.15, -0.1) is 0 Å². The van der Waals surface area contributed by atoms with Gasteiger partial charge in [-0.25, -0.2) is 22.3 Å². The van der Waals surface area contributed by atoms with Crippen LogP contribution in [0, 0.1) is 5.82 Å². The van der Waals surface area contributed by atoms with Gasteiger partial charge < -0.3 is 15.0 Å². The fourth-order valence-corrected chi connectivity index (χ4v) is 5.20. The summed E-state index contributed by atoms with van der Waals surface area (Å²) in [7, 11) is -3.28. The van der Waals surface area contributed by atoms with Crippen LogP contribution in [-0.4, -0.2) is 51.4 Å². The van der Waals surface area contributed by atoms with Crippen LogP contribution >= 0.6 is 0 Å². The molecule has 1 aliphatic heterocycles. The van der Waals surface area contributed by atoms with Gasteiger partial charge in [0.25, 0.3) is 5.91 Å². The van der Waals surface area contributed by atoms with Gasteiger partial charge in [-0.2, -0.15) is 0 Å². The van der Waals surface area contributed by atoms with Gasteiger partial charge in [-0.05, 0) is 86.8 Å². The molecule has 0 aliphatic carbocycles. The van der Waals surface area contributed by atoms with Crippen LogP contribution < -0.4 is 20.3 Å². The molecule has 1 unspecified atom stereocenters. The first-order valence-corrected chi connectivity index (χ1v) is 14.7. The van der Waals surface area contributed by atoms with E-state index in [1.54, 1.807) is 63.2 Å². The van der Waals surface area contributed by atoms with E-state index in [9.17, 15) is 22.4 Å². The molecule has 4 rings (SSSR count). The Morgan fingerprint density at radius 1 is 0.925 bits per heavy atom. The van der Waals surface area contributed by atoms with Crippen LogP contribution in [0.5, 0.6) is 0 Å². The number of anilines is 3. The normalized spacial score (nSPS) is 15.5. The minimum atomic E-state index is -3.28. The summed E-state index contributed by atoms with van der Waals surface area (Å²) in [6.45, 7) is 6.48. The van der Waals surface area contributed by atoms with Crippen molar-refractivity contribution in [3.05, 3.63) is 78.1 Å². The van der Waals surface area contributed by atoms with Crippen molar-refractivity contribution in [2.24, 2.45) is 0 Å². The van der Waals surface area contributed by atoms with Crippen molar-refractivity contribution in [3.63, 3.8) is 0 Å². The quantitative estimate of drug-likeness (QED) is 0.360. The number of carbonyl (C=O) groups excluding carboxylic acids is 2. The SMILES string of the molecule is CC(C)(C)OC(=O)Nc1ccc(-c2ccc(F)cc2)cc1NC(=O)c1ccc(N2CCC(NS(C)(=O)=O)C2)cc1. The number of nitrogens with one attached hydrogen (secondary N) is 3. The molecule has 1 atom stereocenters. The maximum Gasteiger partial charge on any atom is 0.412 e. The third-order valence-electron chi connectivity index (χ3n) is 6.14. The molecule has 2 amide bonds. The standard InChI is InChI=1S/C29H33FN4O5S/c1-29(2,3)39-28(36)32-25-14-9-21(19-5-10-22(30)11-6-19)17-26(25)31-27(35)20-7-12-24(13-8-20)34-16-15-23(18-34)33-40(4,37)38/h5-14,17,23,33H,15-16,18H2,1-4H3,(H,31,35)(H,32,36). The number of hydrogen-bond acceptors (Lipinski definition) is 6. The molecule has 3 aromatic carbocycles. The molecule has 0 radical (unpaired) electrons. The molecule has 40 heavy (non-hydrogen) atoms. The van der Waals surface area contributed by atoms with E-state index in [0.717, 1.165) is 17.5 Å². The second-order valence-corrected chi connectivity index (χ2v) is 12.5. The predicted octanol–water partition coefficient (Wildman–Crippen LogP) is 5.22. The third-order valence-corrected chi connectivity index (χ3v) is 6.91. The monoisotopic (exact) mass is 568 g/mol. The summed E-state index contributed by atoms with van der Waals surface area (Å²) in [4.78, 5) is 27.7. The first-order chi connectivity index (χ1) is 18.8. The maximum absolute atomic E-state index is 13.4. The Hall–Kier alpha value is -3.96. The smallest absolute Gasteiger partial charge is 0.412 e. The highest BCUT2D eigenvalue weighted by atomic mass is 32.2. The Morgan fingerprint density at radius 3 is 2.20 bits per heavy atom. The highest BCUT2D eigenvalue weighted by Gasteiger charge is 2.25. The van der Waals surface area contributed by atoms with Gasteiger partial charge >= 0.3 is 6.09 Å². The van der Waals surface area contributed by atoms with Gasteiger partial charge in [-0.3, -0.25) is 10.1 Å². The minimum absolute atomic E-state index is 0.165. The number of ether oxygens (including phenoxy) is 1. The summed E-state index contributed by atoms with van der Waals surface area (Å²) >= 11 is 0. The first kappa shape index (κ1) is 29.0. The fourth-order valence-electron chi connectivity index (χ4n) is 4.40. The zero-order valence-corrected chi connectivity index (χ0v) is 23.6. The Kier molecular flexibility index (Phi) is 8.45. The maximum atomic E-state index is 13.4. The van der Waals surface area contributed by atoms with Crippen LogP contribution in [0.1, 0.15) is 37.6 Å².